The first-order valence-corrected chi connectivity index (χ1v) is 10.9. The molecular formula is C24H35IN4O4. The lowest BCUT2D eigenvalue weighted by Gasteiger charge is -2.38. The number of ether oxygens (including phenoxy) is 3. The number of hydrogen-bond acceptors (Lipinski definition) is 6. The summed E-state index contributed by atoms with van der Waals surface area (Å²) in [7, 11) is 4.89. The van der Waals surface area contributed by atoms with Crippen molar-refractivity contribution in [3.63, 3.8) is 0 Å². The lowest BCUT2D eigenvalue weighted by molar-refractivity contribution is 0.181. The second kappa shape index (κ2) is 13.3. The van der Waals surface area contributed by atoms with Gasteiger partial charge < -0.3 is 34.4 Å². The van der Waals surface area contributed by atoms with Crippen molar-refractivity contribution in [2.75, 3.05) is 65.5 Å². The maximum Gasteiger partial charge on any atom is 0.194 e. The van der Waals surface area contributed by atoms with Gasteiger partial charge in [-0.1, -0.05) is 12.1 Å². The average Bonchev–Trinajstić information content (AvgIpc) is 2.86. The van der Waals surface area contributed by atoms with Crippen molar-refractivity contribution in [3.8, 4) is 17.2 Å². The number of rotatable bonds is 8. The lowest BCUT2D eigenvalue weighted by atomic mass is 10.1. The Balaban J connectivity index is 0.00000385. The number of para-hydroxylation sites is 2. The Morgan fingerprint density at radius 2 is 1.70 bits per heavy atom. The molecule has 9 heteroatoms. The second-order valence-corrected chi connectivity index (χ2v) is 7.46. The highest BCUT2D eigenvalue weighted by Crippen LogP contribution is 2.30. The molecule has 1 aliphatic heterocycles. The molecule has 0 bridgehead atoms. The summed E-state index contributed by atoms with van der Waals surface area (Å²) in [5.74, 6) is 2.97. The van der Waals surface area contributed by atoms with Gasteiger partial charge in [0.15, 0.2) is 5.96 Å². The summed E-state index contributed by atoms with van der Waals surface area (Å²) in [5.41, 5.74) is 1.77. The van der Waals surface area contributed by atoms with Gasteiger partial charge in [-0.05, 0) is 37.3 Å². The van der Waals surface area contributed by atoms with E-state index in [-0.39, 0.29) is 30.5 Å². The molecule has 3 rings (SSSR count). The molecule has 2 N–H and O–H groups in total. The number of aliphatic hydroxyl groups is 1. The number of nitrogens with zero attached hydrogens (tertiary/aromatic N) is 3. The highest BCUT2D eigenvalue weighted by molar-refractivity contribution is 14.0. The maximum absolute atomic E-state index is 10.8. The van der Waals surface area contributed by atoms with E-state index in [4.69, 9.17) is 19.2 Å². The molecule has 0 spiro atoms. The van der Waals surface area contributed by atoms with E-state index in [9.17, 15) is 5.11 Å². The molecule has 0 aliphatic carbocycles. The van der Waals surface area contributed by atoms with Crippen LogP contribution in [-0.2, 0) is 0 Å². The number of guanidine groups is 1. The van der Waals surface area contributed by atoms with E-state index < -0.39 is 6.10 Å². The molecule has 1 fully saturated rings. The van der Waals surface area contributed by atoms with Crippen LogP contribution in [0.1, 0.15) is 18.6 Å². The first kappa shape index (κ1) is 26.8. The summed E-state index contributed by atoms with van der Waals surface area (Å²) in [6.45, 7) is 6.38. The smallest absolute Gasteiger partial charge is 0.194 e. The van der Waals surface area contributed by atoms with Crippen LogP contribution in [0.5, 0.6) is 17.2 Å². The molecular weight excluding hydrogens is 535 g/mol. The molecule has 0 amide bonds. The first-order chi connectivity index (χ1) is 15.6. The normalized spacial score (nSPS) is 14.9. The zero-order valence-electron chi connectivity index (χ0n) is 19.8. The average molecular weight is 570 g/mol. The predicted molar refractivity (Wildman–Crippen MR) is 143 cm³/mol. The summed E-state index contributed by atoms with van der Waals surface area (Å²) in [6, 6.07) is 13.5. The van der Waals surface area contributed by atoms with Crippen LogP contribution in [0.2, 0.25) is 0 Å². The predicted octanol–water partition coefficient (Wildman–Crippen LogP) is 3.15. The zero-order chi connectivity index (χ0) is 22.9. The molecule has 1 heterocycles. The topological polar surface area (TPSA) is 78.8 Å². The fourth-order valence-electron chi connectivity index (χ4n) is 3.85. The quantitative estimate of drug-likeness (QED) is 0.287. The van der Waals surface area contributed by atoms with Crippen LogP contribution in [-0.4, -0.2) is 76.6 Å². The number of anilines is 1. The molecule has 0 aromatic heterocycles. The summed E-state index contributed by atoms with van der Waals surface area (Å²) in [6.07, 6.45) is -0.802. The van der Waals surface area contributed by atoms with Crippen molar-refractivity contribution in [1.29, 1.82) is 0 Å². The monoisotopic (exact) mass is 570 g/mol. The van der Waals surface area contributed by atoms with E-state index in [2.05, 4.69) is 21.2 Å². The number of benzene rings is 2. The van der Waals surface area contributed by atoms with Crippen LogP contribution in [0.15, 0.2) is 47.5 Å². The minimum atomic E-state index is -0.802. The van der Waals surface area contributed by atoms with Crippen LogP contribution in [0.3, 0.4) is 0 Å². The maximum atomic E-state index is 10.8. The Labute approximate surface area is 213 Å². The first-order valence-electron chi connectivity index (χ1n) is 10.9. The molecule has 2 aromatic carbocycles. The van der Waals surface area contributed by atoms with Crippen molar-refractivity contribution < 1.29 is 19.3 Å². The fourth-order valence-corrected chi connectivity index (χ4v) is 3.85. The van der Waals surface area contributed by atoms with Gasteiger partial charge in [-0.15, -0.1) is 24.0 Å². The molecule has 0 radical (unpaired) electrons. The molecule has 1 unspecified atom stereocenters. The van der Waals surface area contributed by atoms with Crippen LogP contribution in [0.25, 0.3) is 0 Å². The van der Waals surface area contributed by atoms with Crippen LogP contribution < -0.4 is 24.4 Å². The van der Waals surface area contributed by atoms with Gasteiger partial charge >= 0.3 is 0 Å². The summed E-state index contributed by atoms with van der Waals surface area (Å²) in [4.78, 5) is 9.27. The van der Waals surface area contributed by atoms with E-state index >= 15 is 0 Å². The molecule has 0 saturated carbocycles. The Morgan fingerprint density at radius 3 is 2.33 bits per heavy atom. The Hall–Kier alpha value is -2.40. The van der Waals surface area contributed by atoms with Crippen LogP contribution >= 0.6 is 24.0 Å². The summed E-state index contributed by atoms with van der Waals surface area (Å²) >= 11 is 0. The third-order valence-electron chi connectivity index (χ3n) is 5.55. The summed E-state index contributed by atoms with van der Waals surface area (Å²) in [5, 5.41) is 14.2. The largest absolute Gasteiger partial charge is 0.497 e. The van der Waals surface area contributed by atoms with Crippen LogP contribution in [0.4, 0.5) is 5.69 Å². The Kier molecular flexibility index (Phi) is 10.9. The minimum Gasteiger partial charge on any atom is -0.497 e. The van der Waals surface area contributed by atoms with Gasteiger partial charge in [0, 0.05) is 38.3 Å². The Morgan fingerprint density at radius 1 is 1.00 bits per heavy atom. The van der Waals surface area contributed by atoms with Crippen molar-refractivity contribution in [2.45, 2.75) is 13.0 Å². The van der Waals surface area contributed by atoms with Gasteiger partial charge in [0.2, 0.25) is 0 Å². The zero-order valence-corrected chi connectivity index (χ0v) is 22.1. The number of halogens is 1. The lowest BCUT2D eigenvalue weighted by Crippen LogP contribution is -2.52. The number of methoxy groups -OCH3 is 3. The molecule has 1 saturated heterocycles. The number of aliphatic hydroxyl groups excluding tert-OH is 1. The van der Waals surface area contributed by atoms with Gasteiger partial charge in [0.1, 0.15) is 23.4 Å². The third kappa shape index (κ3) is 6.80. The van der Waals surface area contributed by atoms with Gasteiger partial charge in [-0.2, -0.15) is 0 Å². The van der Waals surface area contributed by atoms with Crippen LogP contribution in [0, 0.1) is 0 Å². The molecule has 8 nitrogen and oxygen atoms in total. The van der Waals surface area contributed by atoms with Crippen molar-refractivity contribution in [3.05, 3.63) is 48.0 Å². The number of nitrogens with one attached hydrogen (secondary N) is 1. The second-order valence-electron chi connectivity index (χ2n) is 7.46. The highest BCUT2D eigenvalue weighted by atomic mass is 127. The fraction of sp³-hybridized carbons (Fsp3) is 0.458. The van der Waals surface area contributed by atoms with E-state index in [1.54, 1.807) is 33.5 Å². The molecule has 2 aromatic rings. The molecule has 1 aliphatic rings. The van der Waals surface area contributed by atoms with E-state index in [0.717, 1.165) is 50.1 Å². The molecule has 1 atom stereocenters. The van der Waals surface area contributed by atoms with Gasteiger partial charge in [-0.3, -0.25) is 4.99 Å². The van der Waals surface area contributed by atoms with E-state index in [0.29, 0.717) is 17.1 Å². The Bertz CT molecular complexity index is 904. The third-order valence-corrected chi connectivity index (χ3v) is 5.55. The minimum absolute atomic E-state index is 0. The standard InChI is InChI=1S/C24H34N4O4.HI/c1-5-25-24(26-17-21(29)19-16-18(30-2)10-11-22(19)31-3)28-14-12-27(13-15-28)20-8-6-7-9-23(20)32-4;/h6-11,16,21,29H,5,12-15,17H2,1-4H3,(H,25,26);1H. The van der Waals surface area contributed by atoms with Gasteiger partial charge in [0.25, 0.3) is 0 Å². The van der Waals surface area contributed by atoms with E-state index in [1.807, 2.05) is 31.2 Å². The highest BCUT2D eigenvalue weighted by Gasteiger charge is 2.22. The van der Waals surface area contributed by atoms with Crippen molar-refractivity contribution in [2.24, 2.45) is 4.99 Å². The van der Waals surface area contributed by atoms with Gasteiger partial charge in [-0.25, -0.2) is 0 Å². The van der Waals surface area contributed by atoms with E-state index in [1.165, 1.54) is 0 Å². The van der Waals surface area contributed by atoms with Crippen molar-refractivity contribution in [1.82, 2.24) is 10.2 Å². The number of aliphatic imine (C=N–C) groups is 1. The molecule has 33 heavy (non-hydrogen) atoms. The summed E-state index contributed by atoms with van der Waals surface area (Å²) < 4.78 is 16.2. The molecule has 182 valence electrons. The van der Waals surface area contributed by atoms with Crippen molar-refractivity contribution >= 4 is 35.6 Å². The number of piperazine rings is 1. The SMILES string of the molecule is CCNC(=NCC(O)c1cc(OC)ccc1OC)N1CCN(c2ccccc2OC)CC1.I. The number of hydrogen-bond donors (Lipinski definition) is 2. The van der Waals surface area contributed by atoms with Gasteiger partial charge in [0.05, 0.1) is 33.6 Å².